The van der Waals surface area contributed by atoms with Crippen molar-refractivity contribution in [3.63, 3.8) is 0 Å². The Morgan fingerprint density at radius 2 is 1.76 bits per heavy atom. The van der Waals surface area contributed by atoms with Crippen molar-refractivity contribution < 1.29 is 13.2 Å². The molecule has 1 saturated heterocycles. The molecule has 1 amide bonds. The first kappa shape index (κ1) is 22.2. The van der Waals surface area contributed by atoms with Gasteiger partial charge in [0.05, 0.1) is 10.9 Å². The predicted octanol–water partition coefficient (Wildman–Crippen LogP) is 2.01. The molecule has 0 radical (unpaired) electrons. The Bertz CT molecular complexity index is 672. The standard InChI is InChI=1S/C16H24ClN3O3S.ClH/c1-11(18)13-7-9-20(10-8-13)16(21)12(2)19-24(22,23)15-5-3-14(17)4-6-15;/h3-6,11-13,19H,7-10,18H2,1-2H3;1H. The Labute approximate surface area is 160 Å². The summed E-state index contributed by atoms with van der Waals surface area (Å²) < 4.78 is 27.1. The minimum atomic E-state index is -3.76. The second-order valence-corrected chi connectivity index (χ2v) is 8.47. The maximum atomic E-state index is 12.5. The molecule has 0 saturated carbocycles. The molecular formula is C16H25Cl2N3O3S. The highest BCUT2D eigenvalue weighted by molar-refractivity contribution is 7.89. The van der Waals surface area contributed by atoms with Crippen LogP contribution >= 0.6 is 24.0 Å². The summed E-state index contributed by atoms with van der Waals surface area (Å²) in [5, 5.41) is 0.454. The van der Waals surface area contributed by atoms with Crippen LogP contribution < -0.4 is 10.5 Å². The third kappa shape index (κ3) is 5.82. The van der Waals surface area contributed by atoms with Gasteiger partial charge in [-0.15, -0.1) is 12.4 Å². The van der Waals surface area contributed by atoms with Crippen LogP contribution in [0.25, 0.3) is 0 Å². The van der Waals surface area contributed by atoms with Gasteiger partial charge in [0.25, 0.3) is 0 Å². The zero-order chi connectivity index (χ0) is 17.9. The number of benzene rings is 1. The van der Waals surface area contributed by atoms with Gasteiger partial charge in [-0.25, -0.2) is 8.42 Å². The van der Waals surface area contributed by atoms with Gasteiger partial charge in [0.1, 0.15) is 0 Å². The largest absolute Gasteiger partial charge is 0.341 e. The smallest absolute Gasteiger partial charge is 0.241 e. The first-order valence-corrected chi connectivity index (χ1v) is 9.89. The molecular weight excluding hydrogens is 385 g/mol. The van der Waals surface area contributed by atoms with E-state index in [-0.39, 0.29) is 29.3 Å². The number of rotatable bonds is 5. The fraction of sp³-hybridized carbons (Fsp3) is 0.562. The van der Waals surface area contributed by atoms with E-state index in [1.807, 2.05) is 6.92 Å². The molecule has 1 heterocycles. The maximum Gasteiger partial charge on any atom is 0.241 e. The molecule has 142 valence electrons. The second-order valence-electron chi connectivity index (χ2n) is 6.32. The van der Waals surface area contributed by atoms with Crippen LogP contribution in [0, 0.1) is 5.92 Å². The number of hydrogen-bond acceptors (Lipinski definition) is 4. The minimum absolute atomic E-state index is 0. The van der Waals surface area contributed by atoms with Crippen molar-refractivity contribution >= 4 is 39.9 Å². The summed E-state index contributed by atoms with van der Waals surface area (Å²) in [4.78, 5) is 14.3. The highest BCUT2D eigenvalue weighted by Crippen LogP contribution is 2.20. The normalized spacial score (nSPS) is 18.3. The second kappa shape index (κ2) is 9.19. The highest BCUT2D eigenvalue weighted by atomic mass is 35.5. The lowest BCUT2D eigenvalue weighted by molar-refractivity contribution is -0.134. The van der Waals surface area contributed by atoms with E-state index in [4.69, 9.17) is 17.3 Å². The number of piperidine rings is 1. The van der Waals surface area contributed by atoms with Crippen LogP contribution in [0.15, 0.2) is 29.2 Å². The van der Waals surface area contributed by atoms with Gasteiger partial charge in [-0.05, 0) is 56.9 Å². The number of carbonyl (C=O) groups is 1. The van der Waals surface area contributed by atoms with Gasteiger partial charge >= 0.3 is 0 Å². The van der Waals surface area contributed by atoms with Crippen molar-refractivity contribution in [3.8, 4) is 0 Å². The zero-order valence-corrected chi connectivity index (χ0v) is 16.7. The van der Waals surface area contributed by atoms with Gasteiger partial charge in [0.2, 0.25) is 15.9 Å². The molecule has 6 nitrogen and oxygen atoms in total. The molecule has 0 spiro atoms. The number of carbonyl (C=O) groups excluding carboxylic acids is 1. The summed E-state index contributed by atoms with van der Waals surface area (Å²) in [5.41, 5.74) is 5.90. The quantitative estimate of drug-likeness (QED) is 0.777. The lowest BCUT2D eigenvalue weighted by Crippen LogP contribution is -2.50. The SMILES string of the molecule is CC(NS(=O)(=O)c1ccc(Cl)cc1)C(=O)N1CCC(C(C)N)CC1.Cl. The molecule has 25 heavy (non-hydrogen) atoms. The number of amides is 1. The molecule has 3 N–H and O–H groups in total. The van der Waals surface area contributed by atoms with Crippen LogP contribution in [0.2, 0.25) is 5.02 Å². The van der Waals surface area contributed by atoms with Crippen molar-refractivity contribution in [1.29, 1.82) is 0 Å². The van der Waals surface area contributed by atoms with Gasteiger partial charge < -0.3 is 10.6 Å². The van der Waals surface area contributed by atoms with Crippen LogP contribution in [0.3, 0.4) is 0 Å². The molecule has 0 aliphatic carbocycles. The van der Waals surface area contributed by atoms with Crippen LogP contribution in [-0.2, 0) is 14.8 Å². The number of nitrogens with one attached hydrogen (secondary N) is 1. The van der Waals surface area contributed by atoms with E-state index in [1.165, 1.54) is 24.3 Å². The third-order valence-corrected chi connectivity index (χ3v) is 6.23. The van der Waals surface area contributed by atoms with Gasteiger partial charge in [-0.2, -0.15) is 4.72 Å². The number of halogens is 2. The van der Waals surface area contributed by atoms with Gasteiger partial charge in [0, 0.05) is 24.2 Å². The zero-order valence-electron chi connectivity index (χ0n) is 14.3. The van der Waals surface area contributed by atoms with E-state index in [0.717, 1.165) is 12.8 Å². The Balaban J connectivity index is 0.00000312. The number of nitrogens with zero attached hydrogens (tertiary/aromatic N) is 1. The van der Waals surface area contributed by atoms with Crippen molar-refractivity contribution in [3.05, 3.63) is 29.3 Å². The molecule has 1 aliphatic rings. The summed E-state index contributed by atoms with van der Waals surface area (Å²) in [6.07, 6.45) is 1.69. The van der Waals surface area contributed by atoms with Crippen molar-refractivity contribution in [2.24, 2.45) is 11.7 Å². The molecule has 0 aromatic heterocycles. The number of likely N-dealkylation sites (tertiary alicyclic amines) is 1. The van der Waals surface area contributed by atoms with Crippen molar-refractivity contribution in [1.82, 2.24) is 9.62 Å². The van der Waals surface area contributed by atoms with Crippen LogP contribution in [-0.4, -0.2) is 44.4 Å². The van der Waals surface area contributed by atoms with E-state index in [9.17, 15) is 13.2 Å². The molecule has 0 bridgehead atoms. The van der Waals surface area contributed by atoms with Gasteiger partial charge in [0.15, 0.2) is 0 Å². The molecule has 1 aromatic rings. The molecule has 2 rings (SSSR count). The third-order valence-electron chi connectivity index (χ3n) is 4.42. The maximum absolute atomic E-state index is 12.5. The average molecular weight is 410 g/mol. The van der Waals surface area contributed by atoms with Crippen LogP contribution in [0.1, 0.15) is 26.7 Å². The summed E-state index contributed by atoms with van der Waals surface area (Å²) in [7, 11) is -3.76. The van der Waals surface area contributed by atoms with E-state index in [0.29, 0.717) is 24.0 Å². The first-order chi connectivity index (χ1) is 11.2. The minimum Gasteiger partial charge on any atom is -0.341 e. The van der Waals surface area contributed by atoms with Crippen molar-refractivity contribution in [2.75, 3.05) is 13.1 Å². The summed E-state index contributed by atoms with van der Waals surface area (Å²) >= 11 is 5.77. The topological polar surface area (TPSA) is 92.5 Å². The predicted molar refractivity (Wildman–Crippen MR) is 101 cm³/mol. The highest BCUT2D eigenvalue weighted by Gasteiger charge is 2.29. The fourth-order valence-electron chi connectivity index (χ4n) is 2.88. The number of nitrogens with two attached hydrogens (primary N) is 1. The monoisotopic (exact) mass is 409 g/mol. The molecule has 2 atom stereocenters. The van der Waals surface area contributed by atoms with Crippen molar-refractivity contribution in [2.45, 2.75) is 43.7 Å². The lowest BCUT2D eigenvalue weighted by Gasteiger charge is -2.35. The summed E-state index contributed by atoms with van der Waals surface area (Å²) in [6, 6.07) is 5.12. The fourth-order valence-corrected chi connectivity index (χ4v) is 4.21. The molecule has 1 fully saturated rings. The molecule has 2 unspecified atom stereocenters. The van der Waals surface area contributed by atoms with E-state index in [1.54, 1.807) is 11.8 Å². The summed E-state index contributed by atoms with van der Waals surface area (Å²) in [5.74, 6) is 0.200. The van der Waals surface area contributed by atoms with E-state index >= 15 is 0 Å². The van der Waals surface area contributed by atoms with Crippen LogP contribution in [0.5, 0.6) is 0 Å². The van der Waals surface area contributed by atoms with Crippen LogP contribution in [0.4, 0.5) is 0 Å². The Kier molecular flexibility index (Phi) is 8.15. The van der Waals surface area contributed by atoms with E-state index in [2.05, 4.69) is 4.72 Å². The average Bonchev–Trinajstić information content (AvgIpc) is 2.54. The number of sulfonamides is 1. The van der Waals surface area contributed by atoms with Gasteiger partial charge in [-0.1, -0.05) is 11.6 Å². The Morgan fingerprint density at radius 1 is 1.24 bits per heavy atom. The molecule has 1 aliphatic heterocycles. The van der Waals surface area contributed by atoms with E-state index < -0.39 is 16.1 Å². The lowest BCUT2D eigenvalue weighted by atomic mass is 9.91. The van der Waals surface area contributed by atoms with Gasteiger partial charge in [-0.3, -0.25) is 4.79 Å². The molecule has 1 aromatic carbocycles. The Hall–Kier alpha value is -0.860. The first-order valence-electron chi connectivity index (χ1n) is 8.03. The molecule has 9 heteroatoms. The number of hydrogen-bond donors (Lipinski definition) is 2. The summed E-state index contributed by atoms with van der Waals surface area (Å²) in [6.45, 7) is 4.76. The Morgan fingerprint density at radius 3 is 2.24 bits per heavy atom.